The van der Waals surface area contributed by atoms with Gasteiger partial charge in [0.15, 0.2) is 0 Å². The lowest BCUT2D eigenvalue weighted by molar-refractivity contribution is -0.145. The van der Waals surface area contributed by atoms with Gasteiger partial charge in [0, 0.05) is 0 Å². The van der Waals surface area contributed by atoms with Gasteiger partial charge in [-0.1, -0.05) is 34.6 Å². The number of ether oxygens (including phenoxy) is 2. The first kappa shape index (κ1) is 24.2. The number of hydrogen-bond donors (Lipinski definition) is 2. The minimum atomic E-state index is -0.816. The van der Waals surface area contributed by atoms with Gasteiger partial charge < -0.3 is 20.1 Å². The standard InChI is InChI=1S/C19H36N2O5/c1-12(2)10-13(16(23)25-9)20-15(22)14(11-18(3,4)5)21-17(24)26-19(6,7)8/h12-14H,10-11H2,1-9H3,(H,20,22)(H,21,24). The summed E-state index contributed by atoms with van der Waals surface area (Å²) in [4.78, 5) is 36.8. The number of rotatable bonds is 7. The van der Waals surface area contributed by atoms with Crippen LogP contribution in [-0.2, 0) is 19.1 Å². The highest BCUT2D eigenvalue weighted by atomic mass is 16.6. The van der Waals surface area contributed by atoms with E-state index in [0.29, 0.717) is 12.8 Å². The summed E-state index contributed by atoms with van der Waals surface area (Å²) >= 11 is 0. The molecule has 7 nitrogen and oxygen atoms in total. The molecule has 0 aromatic rings. The van der Waals surface area contributed by atoms with Crippen molar-refractivity contribution in [3.05, 3.63) is 0 Å². The van der Waals surface area contributed by atoms with Crippen molar-refractivity contribution in [2.24, 2.45) is 11.3 Å². The van der Waals surface area contributed by atoms with Crippen molar-refractivity contribution >= 4 is 18.0 Å². The van der Waals surface area contributed by atoms with Gasteiger partial charge in [0.2, 0.25) is 5.91 Å². The Morgan fingerprint density at radius 1 is 0.923 bits per heavy atom. The second kappa shape index (κ2) is 9.78. The number of carbonyl (C=O) groups is 3. The first-order valence-corrected chi connectivity index (χ1v) is 9.02. The van der Waals surface area contributed by atoms with Crippen molar-refractivity contribution in [2.45, 2.75) is 85.9 Å². The first-order valence-electron chi connectivity index (χ1n) is 9.02. The highest BCUT2D eigenvalue weighted by Crippen LogP contribution is 2.21. The highest BCUT2D eigenvalue weighted by Gasteiger charge is 2.31. The van der Waals surface area contributed by atoms with Crippen molar-refractivity contribution < 1.29 is 23.9 Å². The smallest absolute Gasteiger partial charge is 0.408 e. The molecule has 0 saturated heterocycles. The second-order valence-electron chi connectivity index (χ2n) is 9.18. The van der Waals surface area contributed by atoms with Gasteiger partial charge in [-0.3, -0.25) is 4.79 Å². The molecule has 26 heavy (non-hydrogen) atoms. The van der Waals surface area contributed by atoms with Crippen LogP contribution < -0.4 is 10.6 Å². The lowest BCUT2D eigenvalue weighted by atomic mass is 9.87. The van der Waals surface area contributed by atoms with Crippen LogP contribution in [0, 0.1) is 11.3 Å². The molecule has 0 spiro atoms. The van der Waals surface area contributed by atoms with E-state index in [2.05, 4.69) is 10.6 Å². The summed E-state index contributed by atoms with van der Waals surface area (Å²) in [5.41, 5.74) is -0.880. The van der Waals surface area contributed by atoms with E-state index in [0.717, 1.165) is 0 Å². The van der Waals surface area contributed by atoms with Crippen molar-refractivity contribution in [1.82, 2.24) is 10.6 Å². The van der Waals surface area contributed by atoms with Crippen LogP contribution in [0.5, 0.6) is 0 Å². The number of esters is 1. The fourth-order valence-corrected chi connectivity index (χ4v) is 2.37. The molecule has 2 atom stereocenters. The van der Waals surface area contributed by atoms with Crippen LogP contribution in [0.15, 0.2) is 0 Å². The van der Waals surface area contributed by atoms with Crippen LogP contribution in [0.4, 0.5) is 4.79 Å². The Kier molecular flexibility index (Phi) is 9.11. The Morgan fingerprint density at radius 2 is 1.46 bits per heavy atom. The largest absolute Gasteiger partial charge is 0.467 e. The van der Waals surface area contributed by atoms with Crippen molar-refractivity contribution in [3.63, 3.8) is 0 Å². The topological polar surface area (TPSA) is 93.7 Å². The maximum atomic E-state index is 12.7. The number of amides is 2. The highest BCUT2D eigenvalue weighted by molar-refractivity contribution is 5.89. The van der Waals surface area contributed by atoms with Gasteiger partial charge in [0.25, 0.3) is 0 Å². The zero-order valence-electron chi connectivity index (χ0n) is 17.7. The van der Waals surface area contributed by atoms with E-state index in [9.17, 15) is 14.4 Å². The number of nitrogens with one attached hydrogen (secondary N) is 2. The molecule has 0 fully saturated rings. The van der Waals surface area contributed by atoms with Crippen molar-refractivity contribution in [3.8, 4) is 0 Å². The average molecular weight is 373 g/mol. The molecule has 0 aliphatic rings. The molecule has 0 rings (SSSR count). The third kappa shape index (κ3) is 10.9. The molecule has 2 amide bonds. The summed E-state index contributed by atoms with van der Waals surface area (Å²) < 4.78 is 10.0. The van der Waals surface area contributed by atoms with Crippen LogP contribution in [0.3, 0.4) is 0 Å². The summed E-state index contributed by atoms with van der Waals surface area (Å²) in [5, 5.41) is 5.33. The predicted molar refractivity (Wildman–Crippen MR) is 101 cm³/mol. The zero-order valence-corrected chi connectivity index (χ0v) is 17.7. The lowest BCUT2D eigenvalue weighted by Gasteiger charge is -2.29. The van der Waals surface area contributed by atoms with E-state index in [-0.39, 0.29) is 11.3 Å². The van der Waals surface area contributed by atoms with Crippen LogP contribution >= 0.6 is 0 Å². The van der Waals surface area contributed by atoms with Crippen LogP contribution in [0.25, 0.3) is 0 Å². The Hall–Kier alpha value is -1.79. The molecule has 2 N–H and O–H groups in total. The van der Waals surface area contributed by atoms with Gasteiger partial charge in [-0.2, -0.15) is 0 Å². The van der Waals surface area contributed by atoms with Gasteiger partial charge in [-0.05, 0) is 44.9 Å². The molecule has 0 bridgehead atoms. The Morgan fingerprint density at radius 3 is 1.85 bits per heavy atom. The van der Waals surface area contributed by atoms with E-state index in [1.807, 2.05) is 34.6 Å². The molecule has 0 aromatic carbocycles. The monoisotopic (exact) mass is 372 g/mol. The van der Waals surface area contributed by atoms with E-state index in [1.165, 1.54) is 7.11 Å². The first-order chi connectivity index (χ1) is 11.6. The molecular weight excluding hydrogens is 336 g/mol. The molecule has 0 radical (unpaired) electrons. The van der Waals surface area contributed by atoms with E-state index < -0.39 is 35.7 Å². The van der Waals surface area contributed by atoms with Crippen LogP contribution in [0.1, 0.15) is 68.2 Å². The molecule has 0 aliphatic heterocycles. The molecule has 152 valence electrons. The molecule has 0 aliphatic carbocycles. The third-order valence-corrected chi connectivity index (χ3v) is 3.33. The summed E-state index contributed by atoms with van der Waals surface area (Å²) in [5.74, 6) is -0.736. The molecule has 0 saturated carbocycles. The molecule has 0 heterocycles. The van der Waals surface area contributed by atoms with E-state index in [4.69, 9.17) is 9.47 Å². The summed E-state index contributed by atoms with van der Waals surface area (Å²) in [6, 6.07) is -1.57. The second-order valence-corrected chi connectivity index (χ2v) is 9.18. The quantitative estimate of drug-likeness (QED) is 0.670. The SMILES string of the molecule is COC(=O)C(CC(C)C)NC(=O)C(CC(C)(C)C)NC(=O)OC(C)(C)C. The molecule has 0 aromatic heterocycles. The van der Waals surface area contributed by atoms with Crippen LogP contribution in [-0.4, -0.2) is 42.8 Å². The van der Waals surface area contributed by atoms with Gasteiger partial charge in [-0.25, -0.2) is 9.59 Å². The van der Waals surface area contributed by atoms with Crippen molar-refractivity contribution in [1.29, 1.82) is 0 Å². The third-order valence-electron chi connectivity index (χ3n) is 3.33. The fourth-order valence-electron chi connectivity index (χ4n) is 2.37. The average Bonchev–Trinajstić information content (AvgIpc) is 2.40. The molecule has 7 heteroatoms. The predicted octanol–water partition coefficient (Wildman–Crippen LogP) is 3.02. The Bertz CT molecular complexity index is 489. The van der Waals surface area contributed by atoms with E-state index in [1.54, 1.807) is 20.8 Å². The van der Waals surface area contributed by atoms with Crippen molar-refractivity contribution in [2.75, 3.05) is 7.11 Å². The fraction of sp³-hybridized carbons (Fsp3) is 0.842. The number of methoxy groups -OCH3 is 1. The molecular formula is C19H36N2O5. The Labute approximate surface area is 157 Å². The maximum Gasteiger partial charge on any atom is 0.408 e. The number of carbonyl (C=O) groups excluding carboxylic acids is 3. The molecule has 2 unspecified atom stereocenters. The van der Waals surface area contributed by atoms with Crippen LogP contribution in [0.2, 0.25) is 0 Å². The minimum Gasteiger partial charge on any atom is -0.467 e. The van der Waals surface area contributed by atoms with Gasteiger partial charge in [0.05, 0.1) is 7.11 Å². The zero-order chi connectivity index (χ0) is 20.7. The Balaban J connectivity index is 5.24. The number of hydrogen-bond acceptors (Lipinski definition) is 5. The summed E-state index contributed by atoms with van der Waals surface area (Å²) in [6.07, 6.45) is 0.182. The minimum absolute atomic E-state index is 0.194. The summed E-state index contributed by atoms with van der Waals surface area (Å²) in [7, 11) is 1.29. The van der Waals surface area contributed by atoms with Gasteiger partial charge >= 0.3 is 12.1 Å². The van der Waals surface area contributed by atoms with E-state index >= 15 is 0 Å². The van der Waals surface area contributed by atoms with Gasteiger partial charge in [-0.15, -0.1) is 0 Å². The van der Waals surface area contributed by atoms with Gasteiger partial charge in [0.1, 0.15) is 17.7 Å². The summed E-state index contributed by atoms with van der Waals surface area (Å²) in [6.45, 7) is 15.1. The lowest BCUT2D eigenvalue weighted by Crippen LogP contribution is -2.53. The normalized spacial score (nSPS) is 14.4. The maximum absolute atomic E-state index is 12.7. The number of alkyl carbamates (subject to hydrolysis) is 1.